The van der Waals surface area contributed by atoms with Gasteiger partial charge in [0.15, 0.2) is 0 Å². The zero-order valence-corrected chi connectivity index (χ0v) is 14.3. The Hall–Kier alpha value is -1.13. The molecule has 1 N–H and O–H groups in total. The molecule has 1 aliphatic carbocycles. The van der Waals surface area contributed by atoms with Gasteiger partial charge in [0.1, 0.15) is 0 Å². The van der Waals surface area contributed by atoms with Crippen LogP contribution >= 0.6 is 27.3 Å². The molecule has 0 spiro atoms. The molecule has 1 heterocycles. The first-order chi connectivity index (χ1) is 10.1. The van der Waals surface area contributed by atoms with Gasteiger partial charge in [0.2, 0.25) is 5.91 Å². The predicted octanol–water partition coefficient (Wildman–Crippen LogP) is 4.29. The van der Waals surface area contributed by atoms with Crippen LogP contribution in [0.1, 0.15) is 30.2 Å². The van der Waals surface area contributed by atoms with Crippen LogP contribution in [0.5, 0.6) is 0 Å². The van der Waals surface area contributed by atoms with Crippen molar-refractivity contribution in [3.8, 4) is 0 Å². The molecule has 1 atom stereocenters. The van der Waals surface area contributed by atoms with Gasteiger partial charge in [0.25, 0.3) is 0 Å². The maximum Gasteiger partial charge on any atom is 0.225 e. The molecule has 1 fully saturated rings. The van der Waals surface area contributed by atoms with Crippen LogP contribution in [0.2, 0.25) is 0 Å². The average molecular weight is 364 g/mol. The lowest BCUT2D eigenvalue weighted by Gasteiger charge is -2.25. The van der Waals surface area contributed by atoms with Gasteiger partial charge in [-0.2, -0.15) is 0 Å². The van der Waals surface area contributed by atoms with Gasteiger partial charge < -0.3 is 5.32 Å². The predicted molar refractivity (Wildman–Crippen MR) is 90.7 cm³/mol. The standard InChI is InChI=1S/C17H18BrNOS/c1-12(19-16(20)11-15-3-2-10-21-15)17(8-9-17)13-4-6-14(18)7-5-13/h2-7,10,12H,8-9,11H2,1H3,(H,19,20). The fourth-order valence-corrected chi connectivity index (χ4v) is 3.86. The molecule has 0 bridgehead atoms. The molecule has 1 unspecified atom stereocenters. The molecule has 2 aromatic rings. The minimum atomic E-state index is 0.119. The van der Waals surface area contributed by atoms with Crippen molar-refractivity contribution in [2.75, 3.05) is 0 Å². The van der Waals surface area contributed by atoms with Gasteiger partial charge in [-0.1, -0.05) is 34.1 Å². The van der Waals surface area contributed by atoms with Crippen LogP contribution in [0.25, 0.3) is 0 Å². The van der Waals surface area contributed by atoms with E-state index >= 15 is 0 Å². The van der Waals surface area contributed by atoms with E-state index in [0.717, 1.165) is 22.2 Å². The van der Waals surface area contributed by atoms with E-state index in [-0.39, 0.29) is 17.4 Å². The average Bonchev–Trinajstić information content (AvgIpc) is 3.12. The molecule has 3 rings (SSSR count). The van der Waals surface area contributed by atoms with Gasteiger partial charge in [-0.3, -0.25) is 4.79 Å². The summed E-state index contributed by atoms with van der Waals surface area (Å²) in [4.78, 5) is 13.3. The van der Waals surface area contributed by atoms with Crippen LogP contribution in [-0.2, 0) is 16.6 Å². The smallest absolute Gasteiger partial charge is 0.225 e. The Kier molecular flexibility index (Phi) is 4.18. The van der Waals surface area contributed by atoms with Crippen LogP contribution in [0.15, 0.2) is 46.3 Å². The molecular weight excluding hydrogens is 346 g/mol. The summed E-state index contributed by atoms with van der Waals surface area (Å²) < 4.78 is 1.09. The van der Waals surface area contributed by atoms with Crippen molar-refractivity contribution in [3.63, 3.8) is 0 Å². The highest BCUT2D eigenvalue weighted by molar-refractivity contribution is 9.10. The zero-order valence-electron chi connectivity index (χ0n) is 11.9. The van der Waals surface area contributed by atoms with Crippen molar-refractivity contribution in [2.24, 2.45) is 0 Å². The lowest BCUT2D eigenvalue weighted by Crippen LogP contribution is -2.41. The van der Waals surface area contributed by atoms with E-state index in [4.69, 9.17) is 0 Å². The lowest BCUT2D eigenvalue weighted by molar-refractivity contribution is -0.121. The number of nitrogens with one attached hydrogen (secondary N) is 1. The molecule has 0 radical (unpaired) electrons. The number of hydrogen-bond acceptors (Lipinski definition) is 2. The quantitative estimate of drug-likeness (QED) is 0.843. The van der Waals surface area contributed by atoms with Crippen LogP contribution in [0.3, 0.4) is 0 Å². The second kappa shape index (κ2) is 5.93. The first-order valence-electron chi connectivity index (χ1n) is 7.18. The molecule has 2 nitrogen and oxygen atoms in total. The molecule has 1 saturated carbocycles. The summed E-state index contributed by atoms with van der Waals surface area (Å²) in [5, 5.41) is 5.20. The van der Waals surface area contributed by atoms with Crippen LogP contribution in [0, 0.1) is 0 Å². The Bertz CT molecular complexity index is 617. The Labute approximate surface area is 137 Å². The zero-order chi connectivity index (χ0) is 14.9. The van der Waals surface area contributed by atoms with Crippen molar-refractivity contribution in [1.29, 1.82) is 0 Å². The molecular formula is C17H18BrNOS. The Balaban J connectivity index is 1.66. The first-order valence-corrected chi connectivity index (χ1v) is 8.85. The lowest BCUT2D eigenvalue weighted by atomic mass is 9.89. The number of hydrogen-bond donors (Lipinski definition) is 1. The number of halogens is 1. The Morgan fingerprint density at radius 2 is 2.05 bits per heavy atom. The Morgan fingerprint density at radius 3 is 2.62 bits per heavy atom. The minimum Gasteiger partial charge on any atom is -0.352 e. The largest absolute Gasteiger partial charge is 0.352 e. The maximum absolute atomic E-state index is 12.2. The monoisotopic (exact) mass is 363 g/mol. The number of benzene rings is 1. The number of rotatable bonds is 5. The molecule has 4 heteroatoms. The minimum absolute atomic E-state index is 0.119. The third-order valence-corrected chi connectivity index (χ3v) is 5.73. The fourth-order valence-electron chi connectivity index (χ4n) is 2.89. The molecule has 1 aromatic carbocycles. The van der Waals surface area contributed by atoms with E-state index in [1.165, 1.54) is 5.56 Å². The summed E-state index contributed by atoms with van der Waals surface area (Å²) in [7, 11) is 0. The fraction of sp³-hybridized carbons (Fsp3) is 0.353. The van der Waals surface area contributed by atoms with Gasteiger partial charge in [-0.25, -0.2) is 0 Å². The van der Waals surface area contributed by atoms with Crippen molar-refractivity contribution in [3.05, 3.63) is 56.7 Å². The molecule has 1 aliphatic rings. The highest BCUT2D eigenvalue weighted by atomic mass is 79.9. The first kappa shape index (κ1) is 14.8. The van der Waals surface area contributed by atoms with Crippen LogP contribution in [-0.4, -0.2) is 11.9 Å². The molecule has 0 aliphatic heterocycles. The van der Waals surface area contributed by atoms with E-state index in [1.54, 1.807) is 11.3 Å². The van der Waals surface area contributed by atoms with E-state index < -0.39 is 0 Å². The van der Waals surface area contributed by atoms with Crippen molar-refractivity contribution >= 4 is 33.2 Å². The summed E-state index contributed by atoms with van der Waals surface area (Å²) in [5.74, 6) is 0.119. The SMILES string of the molecule is CC(NC(=O)Cc1cccs1)C1(c2ccc(Br)cc2)CC1. The van der Waals surface area contributed by atoms with Crippen LogP contribution in [0.4, 0.5) is 0 Å². The van der Waals surface area contributed by atoms with Gasteiger partial charge in [0.05, 0.1) is 6.42 Å². The molecule has 0 saturated heterocycles. The summed E-state index contributed by atoms with van der Waals surface area (Å²) >= 11 is 5.11. The van der Waals surface area contributed by atoms with Crippen molar-refractivity contribution < 1.29 is 4.79 Å². The third kappa shape index (κ3) is 3.22. The number of thiophene rings is 1. The summed E-state index contributed by atoms with van der Waals surface area (Å²) in [6, 6.07) is 12.7. The van der Waals surface area contributed by atoms with E-state index in [0.29, 0.717) is 6.42 Å². The summed E-state index contributed by atoms with van der Waals surface area (Å²) in [6.07, 6.45) is 2.78. The van der Waals surface area contributed by atoms with Gasteiger partial charge >= 0.3 is 0 Å². The van der Waals surface area contributed by atoms with E-state index in [2.05, 4.69) is 52.4 Å². The summed E-state index contributed by atoms with van der Waals surface area (Å²) in [6.45, 7) is 2.13. The second-order valence-electron chi connectivity index (χ2n) is 5.71. The molecule has 21 heavy (non-hydrogen) atoms. The topological polar surface area (TPSA) is 29.1 Å². The highest BCUT2D eigenvalue weighted by Gasteiger charge is 2.49. The van der Waals surface area contributed by atoms with E-state index in [9.17, 15) is 4.79 Å². The Morgan fingerprint density at radius 1 is 1.33 bits per heavy atom. The summed E-state index contributed by atoms with van der Waals surface area (Å²) in [5.41, 5.74) is 1.46. The van der Waals surface area contributed by atoms with Gasteiger partial charge in [-0.15, -0.1) is 11.3 Å². The number of carbonyl (C=O) groups excluding carboxylic acids is 1. The molecule has 1 aromatic heterocycles. The number of amides is 1. The maximum atomic E-state index is 12.2. The highest BCUT2D eigenvalue weighted by Crippen LogP contribution is 2.51. The number of carbonyl (C=O) groups is 1. The van der Waals surface area contributed by atoms with Gasteiger partial charge in [0, 0.05) is 20.8 Å². The molecule has 1 amide bonds. The third-order valence-electron chi connectivity index (χ3n) is 4.33. The van der Waals surface area contributed by atoms with Gasteiger partial charge in [-0.05, 0) is 48.9 Å². The normalized spacial score (nSPS) is 17.2. The van der Waals surface area contributed by atoms with Crippen molar-refractivity contribution in [1.82, 2.24) is 5.32 Å². The second-order valence-corrected chi connectivity index (χ2v) is 7.66. The van der Waals surface area contributed by atoms with E-state index in [1.807, 2.05) is 17.5 Å². The van der Waals surface area contributed by atoms with Crippen LogP contribution < -0.4 is 5.32 Å². The van der Waals surface area contributed by atoms with Crippen molar-refractivity contribution in [2.45, 2.75) is 37.6 Å². The molecule has 110 valence electrons.